The number of halogens is 7. The Hall–Kier alpha value is -2.47. The van der Waals surface area contributed by atoms with Crippen molar-refractivity contribution in [2.24, 2.45) is 5.41 Å². The Kier molecular flexibility index (Phi) is 9.76. The van der Waals surface area contributed by atoms with Crippen molar-refractivity contribution in [1.29, 1.82) is 0 Å². The highest BCUT2D eigenvalue weighted by Gasteiger charge is 2.90. The summed E-state index contributed by atoms with van der Waals surface area (Å²) < 4.78 is 109. The van der Waals surface area contributed by atoms with E-state index in [-0.39, 0.29) is 17.2 Å². The maximum Gasteiger partial charge on any atom is 0.382 e. The number of benzene rings is 3. The molecule has 0 aliphatic heterocycles. The zero-order valence-corrected chi connectivity index (χ0v) is 22.0. The first-order valence-corrected chi connectivity index (χ1v) is 13.2. The van der Waals surface area contributed by atoms with Crippen LogP contribution in [0.5, 0.6) is 0 Å². The van der Waals surface area contributed by atoms with Gasteiger partial charge in [-0.25, -0.2) is 4.39 Å². The standard InChI is InChI=1S/C29H33F7O4/c1-2-3-4-5-6-7-8-11-17-40-25(30,26(27(31,32)37,28(33,34)38)29(35,36)39)24-16-12-15-22-18-20-13-9-10-14-21(20)19-23(22)24/h9-10,12-16,18-19,37-39H,2-8,11,17H2,1H3. The fourth-order valence-electron chi connectivity index (χ4n) is 5.21. The molecule has 3 N–H and O–H groups in total. The van der Waals surface area contributed by atoms with Crippen molar-refractivity contribution in [1.82, 2.24) is 0 Å². The van der Waals surface area contributed by atoms with Gasteiger partial charge in [0, 0.05) is 5.56 Å². The fraction of sp³-hybridized carbons (Fsp3) is 0.517. The smallest absolute Gasteiger partial charge is 0.341 e. The molecule has 0 aromatic heterocycles. The number of ether oxygens (including phenoxy) is 1. The molecule has 3 rings (SSSR count). The van der Waals surface area contributed by atoms with Gasteiger partial charge in [-0.2, -0.15) is 26.3 Å². The minimum atomic E-state index is -6.41. The first-order chi connectivity index (χ1) is 18.6. The molecule has 3 aromatic carbocycles. The van der Waals surface area contributed by atoms with E-state index in [1.165, 1.54) is 24.3 Å². The van der Waals surface area contributed by atoms with Gasteiger partial charge in [0.2, 0.25) is 0 Å². The molecule has 0 spiro atoms. The summed E-state index contributed by atoms with van der Waals surface area (Å²) in [6.45, 7) is 1.13. The summed E-state index contributed by atoms with van der Waals surface area (Å²) in [5.74, 6) is -5.01. The average Bonchev–Trinajstić information content (AvgIpc) is 2.83. The summed E-state index contributed by atoms with van der Waals surface area (Å²) in [6.07, 6.45) is -13.7. The second-order valence-electron chi connectivity index (χ2n) is 10.0. The Balaban J connectivity index is 2.16. The van der Waals surface area contributed by atoms with Gasteiger partial charge in [-0.1, -0.05) is 94.3 Å². The predicted molar refractivity (Wildman–Crippen MR) is 137 cm³/mol. The van der Waals surface area contributed by atoms with Gasteiger partial charge in [0.25, 0.3) is 5.85 Å². The number of hydrogen-bond donors (Lipinski definition) is 3. The summed E-state index contributed by atoms with van der Waals surface area (Å²) in [4.78, 5) is 0. The van der Waals surface area contributed by atoms with Crippen molar-refractivity contribution in [2.75, 3.05) is 6.61 Å². The van der Waals surface area contributed by atoms with E-state index in [0.717, 1.165) is 38.2 Å². The van der Waals surface area contributed by atoms with Gasteiger partial charge in [-0.15, -0.1) is 0 Å². The van der Waals surface area contributed by atoms with E-state index < -0.39 is 41.8 Å². The van der Waals surface area contributed by atoms with E-state index in [1.54, 1.807) is 18.2 Å². The van der Waals surface area contributed by atoms with Crippen molar-refractivity contribution in [2.45, 2.75) is 82.5 Å². The number of fused-ring (bicyclic) bond motifs is 2. The second-order valence-corrected chi connectivity index (χ2v) is 10.0. The number of rotatable bonds is 15. The van der Waals surface area contributed by atoms with Crippen LogP contribution in [-0.2, 0) is 10.6 Å². The lowest BCUT2D eigenvalue weighted by Gasteiger charge is -2.49. The first-order valence-electron chi connectivity index (χ1n) is 13.2. The largest absolute Gasteiger partial charge is 0.382 e. The zero-order valence-electron chi connectivity index (χ0n) is 22.0. The molecular formula is C29H33F7O4. The third-order valence-electron chi connectivity index (χ3n) is 7.23. The quantitative estimate of drug-likeness (QED) is 0.0971. The minimum absolute atomic E-state index is 0.0755. The molecule has 0 aliphatic carbocycles. The Morgan fingerprint density at radius 1 is 0.600 bits per heavy atom. The van der Waals surface area contributed by atoms with Gasteiger partial charge >= 0.3 is 23.7 Å². The molecule has 0 saturated heterocycles. The Morgan fingerprint density at radius 2 is 1.07 bits per heavy atom. The summed E-state index contributed by atoms with van der Waals surface area (Å²) in [6, 6.07) is 12.1. The monoisotopic (exact) mass is 578 g/mol. The molecule has 4 nitrogen and oxygen atoms in total. The zero-order chi connectivity index (χ0) is 29.8. The second kappa shape index (κ2) is 12.2. The molecule has 0 aliphatic rings. The fourth-order valence-corrected chi connectivity index (χ4v) is 5.21. The van der Waals surface area contributed by atoms with E-state index in [9.17, 15) is 41.7 Å². The Labute approximate surface area is 227 Å². The van der Waals surface area contributed by atoms with E-state index in [4.69, 9.17) is 4.74 Å². The van der Waals surface area contributed by atoms with Crippen LogP contribution in [0, 0.1) is 5.41 Å². The lowest BCUT2D eigenvalue weighted by molar-refractivity contribution is -0.533. The third-order valence-corrected chi connectivity index (χ3v) is 7.23. The predicted octanol–water partition coefficient (Wildman–Crippen LogP) is 8.01. The van der Waals surface area contributed by atoms with Crippen LogP contribution >= 0.6 is 0 Å². The molecule has 0 radical (unpaired) electrons. The van der Waals surface area contributed by atoms with Crippen LogP contribution < -0.4 is 0 Å². The summed E-state index contributed by atoms with van der Waals surface area (Å²) in [5.41, 5.74) is -7.45. The number of aliphatic hydroxyl groups is 3. The van der Waals surface area contributed by atoms with Crippen LogP contribution in [0.25, 0.3) is 21.5 Å². The first kappa shape index (κ1) is 32.0. The van der Waals surface area contributed by atoms with Gasteiger partial charge in [0.05, 0.1) is 6.61 Å². The molecule has 3 aromatic rings. The van der Waals surface area contributed by atoms with Gasteiger partial charge in [-0.3, -0.25) is 0 Å². The highest BCUT2D eigenvalue weighted by atomic mass is 19.3. The highest BCUT2D eigenvalue weighted by molar-refractivity contribution is 5.99. The van der Waals surface area contributed by atoms with Gasteiger partial charge in [0.1, 0.15) is 0 Å². The Morgan fingerprint density at radius 3 is 1.60 bits per heavy atom. The Bertz CT molecular complexity index is 1230. The normalized spacial score (nSPS) is 15.1. The summed E-state index contributed by atoms with van der Waals surface area (Å²) in [5, 5.41) is 29.0. The number of hydrogen-bond acceptors (Lipinski definition) is 4. The molecule has 222 valence electrons. The van der Waals surface area contributed by atoms with Crippen molar-refractivity contribution in [3.05, 3.63) is 60.2 Å². The summed E-state index contributed by atoms with van der Waals surface area (Å²) >= 11 is 0. The van der Waals surface area contributed by atoms with E-state index in [2.05, 4.69) is 0 Å². The molecule has 0 fully saturated rings. The maximum absolute atomic E-state index is 17.0. The molecule has 0 saturated carbocycles. The van der Waals surface area contributed by atoms with Crippen LogP contribution in [0.1, 0.15) is 63.9 Å². The van der Waals surface area contributed by atoms with Crippen LogP contribution in [0.4, 0.5) is 30.7 Å². The highest BCUT2D eigenvalue weighted by Crippen LogP contribution is 2.66. The van der Waals surface area contributed by atoms with E-state index in [1.807, 2.05) is 6.92 Å². The molecule has 1 atom stereocenters. The van der Waals surface area contributed by atoms with Crippen LogP contribution in [0.3, 0.4) is 0 Å². The third kappa shape index (κ3) is 5.93. The summed E-state index contributed by atoms with van der Waals surface area (Å²) in [7, 11) is 0. The molecule has 0 amide bonds. The average molecular weight is 579 g/mol. The lowest BCUT2D eigenvalue weighted by Crippen LogP contribution is -2.73. The number of alkyl halides is 7. The van der Waals surface area contributed by atoms with Gasteiger partial charge in [-0.05, 0) is 40.1 Å². The van der Waals surface area contributed by atoms with Crippen LogP contribution in [0.15, 0.2) is 54.6 Å². The van der Waals surface area contributed by atoms with Crippen LogP contribution in [0.2, 0.25) is 0 Å². The lowest BCUT2D eigenvalue weighted by atomic mass is 9.71. The molecular weight excluding hydrogens is 545 g/mol. The minimum Gasteiger partial charge on any atom is -0.341 e. The van der Waals surface area contributed by atoms with Crippen molar-refractivity contribution < 1.29 is 50.8 Å². The van der Waals surface area contributed by atoms with Gasteiger partial charge in [0.15, 0.2) is 0 Å². The molecule has 40 heavy (non-hydrogen) atoms. The molecule has 0 bridgehead atoms. The topological polar surface area (TPSA) is 69.9 Å². The molecule has 1 unspecified atom stereocenters. The SMILES string of the molecule is CCCCCCCCCCOC(F)(c1cccc2cc3ccccc3cc12)C(C(O)(F)F)(C(O)(F)F)C(O)(F)F. The van der Waals surface area contributed by atoms with Gasteiger partial charge < -0.3 is 20.1 Å². The van der Waals surface area contributed by atoms with Crippen molar-refractivity contribution in [3.63, 3.8) is 0 Å². The number of unbranched alkanes of at least 4 members (excludes halogenated alkanes) is 7. The maximum atomic E-state index is 17.0. The molecule has 0 heterocycles. The van der Waals surface area contributed by atoms with Crippen LogP contribution in [-0.4, -0.2) is 40.3 Å². The van der Waals surface area contributed by atoms with Crippen molar-refractivity contribution >= 4 is 21.5 Å². The van der Waals surface area contributed by atoms with E-state index in [0.29, 0.717) is 29.7 Å². The van der Waals surface area contributed by atoms with Crippen molar-refractivity contribution in [3.8, 4) is 0 Å². The van der Waals surface area contributed by atoms with E-state index >= 15 is 4.39 Å². The molecule has 11 heteroatoms.